The molecule has 2 N–H and O–H groups in total. The number of nitrogens with one attached hydrogen (secondary N) is 1. The van der Waals surface area contributed by atoms with Gasteiger partial charge < -0.3 is 19.2 Å². The van der Waals surface area contributed by atoms with Crippen molar-refractivity contribution in [1.29, 1.82) is 0 Å². The summed E-state index contributed by atoms with van der Waals surface area (Å²) in [5.41, 5.74) is 2.79. The number of H-pyrrole nitrogens is 1. The number of rotatable bonds is 17. The van der Waals surface area contributed by atoms with Gasteiger partial charge in [-0.05, 0) is 55.0 Å². The molecule has 0 aliphatic rings. The highest BCUT2D eigenvalue weighted by Crippen LogP contribution is 2.31. The van der Waals surface area contributed by atoms with Crippen LogP contribution < -0.4 is 0 Å². The lowest BCUT2D eigenvalue weighted by molar-refractivity contribution is -0.757. The maximum Gasteiger partial charge on any atom is 0.306 e. The number of ketones is 1. The number of Topliss-reactive ketones (excluding diaryl/α,β-unsaturated/α-hetero) is 1. The fraction of sp³-hybridized carbons (Fsp3) is 0.419. The van der Waals surface area contributed by atoms with Gasteiger partial charge in [0.05, 0.1) is 19.6 Å². The summed E-state index contributed by atoms with van der Waals surface area (Å²) in [7, 11) is 0. The summed E-state index contributed by atoms with van der Waals surface area (Å²) in [6.07, 6.45) is 1.84. The zero-order valence-corrected chi connectivity index (χ0v) is 25.6. The Bertz CT molecular complexity index is 1590. The highest BCUT2D eigenvalue weighted by atomic mass is 16.9. The second-order valence-corrected chi connectivity index (χ2v) is 11.0. The normalized spacial score (nSPS) is 11.4. The Labute approximate surface area is 259 Å². The van der Waals surface area contributed by atoms with Crippen LogP contribution in [0.3, 0.4) is 0 Å². The van der Waals surface area contributed by atoms with Crippen molar-refractivity contribution in [2.45, 2.75) is 71.4 Å². The van der Waals surface area contributed by atoms with E-state index in [1.165, 1.54) is 0 Å². The lowest BCUT2D eigenvalue weighted by Crippen LogP contribution is -2.23. The predicted octanol–water partition coefficient (Wildman–Crippen LogP) is 4.45. The van der Waals surface area contributed by atoms with E-state index < -0.39 is 16.7 Å². The molecule has 0 unspecified atom stereocenters. The summed E-state index contributed by atoms with van der Waals surface area (Å²) in [4.78, 5) is 45.1. The summed E-state index contributed by atoms with van der Waals surface area (Å²) in [5, 5.41) is 34.7. The third kappa shape index (κ3) is 8.79. The number of hydrogen-bond acceptors (Lipinski definition) is 11. The number of nitrogens with zero attached hydrogens (tertiary/aromatic N) is 6. The number of carbonyl (C=O) groups excluding carboxylic acids is 2. The number of aliphatic hydroxyl groups is 1. The average molecular weight is 620 g/mol. The van der Waals surface area contributed by atoms with E-state index in [4.69, 9.17) is 9.72 Å². The number of esters is 1. The minimum Gasteiger partial charge on any atom is -0.466 e. The van der Waals surface area contributed by atoms with Crippen LogP contribution in [-0.2, 0) is 32.9 Å². The molecule has 0 atom stereocenters. The van der Waals surface area contributed by atoms with Gasteiger partial charge >= 0.3 is 5.97 Å². The van der Waals surface area contributed by atoms with Gasteiger partial charge in [0.2, 0.25) is 5.82 Å². The third-order valence-corrected chi connectivity index (χ3v) is 7.04. The van der Waals surface area contributed by atoms with Crippen molar-refractivity contribution in [2.24, 2.45) is 0 Å². The fourth-order valence-corrected chi connectivity index (χ4v) is 4.91. The van der Waals surface area contributed by atoms with Gasteiger partial charge in [-0.15, -0.1) is 20.3 Å². The number of carbonyl (C=O) groups is 2. The lowest BCUT2D eigenvalue weighted by Gasteiger charge is -2.18. The Balaban J connectivity index is 1.52. The van der Waals surface area contributed by atoms with Crippen molar-refractivity contribution < 1.29 is 29.4 Å². The number of aromatic amines is 1. The first-order valence-corrected chi connectivity index (χ1v) is 14.8. The molecule has 0 fully saturated rings. The molecule has 0 aliphatic heterocycles. The van der Waals surface area contributed by atoms with Crippen molar-refractivity contribution in [1.82, 2.24) is 30.2 Å². The first kappa shape index (κ1) is 32.9. The quantitative estimate of drug-likeness (QED) is 0.0558. The monoisotopic (exact) mass is 619 g/mol. The zero-order valence-electron chi connectivity index (χ0n) is 25.6. The zero-order chi connectivity index (χ0) is 32.4. The van der Waals surface area contributed by atoms with Crippen LogP contribution in [0.1, 0.15) is 80.4 Å². The molecule has 4 rings (SSSR count). The Kier molecular flexibility index (Phi) is 11.1. The molecule has 2 aromatic heterocycles. The number of imidazole rings is 1. The summed E-state index contributed by atoms with van der Waals surface area (Å²) in [5.74, 6) is 0.277. The van der Waals surface area contributed by atoms with Crippen LogP contribution in [0.2, 0.25) is 0 Å². The predicted molar refractivity (Wildman–Crippen MR) is 162 cm³/mol. The van der Waals surface area contributed by atoms with Crippen LogP contribution >= 0.6 is 0 Å². The van der Waals surface area contributed by atoms with Crippen LogP contribution in [0.15, 0.2) is 48.5 Å². The molecule has 45 heavy (non-hydrogen) atoms. The molecule has 238 valence electrons. The van der Waals surface area contributed by atoms with Crippen molar-refractivity contribution in [2.75, 3.05) is 13.2 Å². The Morgan fingerprint density at radius 2 is 1.76 bits per heavy atom. The van der Waals surface area contributed by atoms with Gasteiger partial charge in [-0.2, -0.15) is 5.21 Å². The van der Waals surface area contributed by atoms with Gasteiger partial charge in [-0.25, -0.2) is 4.98 Å². The Morgan fingerprint density at radius 3 is 2.40 bits per heavy atom. The van der Waals surface area contributed by atoms with Crippen molar-refractivity contribution in [3.05, 3.63) is 81.4 Å². The summed E-state index contributed by atoms with van der Waals surface area (Å²) >= 11 is 0. The number of unbranched alkanes of at least 4 members (excludes halogenated alkanes) is 1. The molecule has 0 saturated heterocycles. The number of tetrazole rings is 1. The van der Waals surface area contributed by atoms with Crippen molar-refractivity contribution in [3.63, 3.8) is 0 Å². The Morgan fingerprint density at radius 1 is 1.04 bits per heavy atom. The highest BCUT2D eigenvalue weighted by Gasteiger charge is 2.31. The smallest absolute Gasteiger partial charge is 0.306 e. The van der Waals surface area contributed by atoms with Crippen LogP contribution in [0.25, 0.3) is 22.5 Å². The van der Waals surface area contributed by atoms with Gasteiger partial charge in [0.25, 0.3) is 5.09 Å². The number of aryl methyl sites for hydroxylation is 1. The second kappa shape index (κ2) is 15.1. The second-order valence-electron chi connectivity index (χ2n) is 11.0. The topological polar surface area (TPSA) is 188 Å². The van der Waals surface area contributed by atoms with Gasteiger partial charge in [0, 0.05) is 24.9 Å². The van der Waals surface area contributed by atoms with E-state index in [2.05, 4.69) is 25.5 Å². The van der Waals surface area contributed by atoms with Crippen molar-refractivity contribution in [3.8, 4) is 22.5 Å². The molecule has 0 radical (unpaired) electrons. The van der Waals surface area contributed by atoms with E-state index in [1.807, 2.05) is 60.0 Å². The van der Waals surface area contributed by atoms with Crippen LogP contribution in [-0.4, -0.2) is 65.3 Å². The molecule has 4 aromatic rings. The largest absolute Gasteiger partial charge is 0.466 e. The molecule has 0 spiro atoms. The first-order chi connectivity index (χ1) is 21.6. The first-order valence-electron chi connectivity index (χ1n) is 14.8. The molecule has 0 saturated carbocycles. The molecule has 2 heterocycles. The molecular weight excluding hydrogens is 582 g/mol. The standard InChI is InChI=1S/C31H37N7O7/c1-4-9-26-32-29(31(2,3)41)28(25(39)16-17-27(40)44-18-7-8-19-45-38(42)43)37(26)20-21-12-14-22(15-13-21)23-10-5-6-11-24(23)30-33-35-36-34-30/h5-6,10-15,41H,4,7-9,16-20H2,1-3H3,(H,33,34,35,36). The summed E-state index contributed by atoms with van der Waals surface area (Å²) in [6, 6.07) is 15.7. The average Bonchev–Trinajstić information content (AvgIpc) is 3.67. The van der Waals surface area contributed by atoms with E-state index >= 15 is 0 Å². The lowest BCUT2D eigenvalue weighted by atomic mass is 9.98. The van der Waals surface area contributed by atoms with Gasteiger partial charge in [0.1, 0.15) is 22.8 Å². The number of hydrogen-bond donors (Lipinski definition) is 2. The van der Waals surface area contributed by atoms with Gasteiger partial charge in [-0.3, -0.25) is 9.59 Å². The molecule has 2 aromatic carbocycles. The number of ether oxygens (including phenoxy) is 1. The van der Waals surface area contributed by atoms with E-state index in [0.29, 0.717) is 37.5 Å². The van der Waals surface area contributed by atoms with Gasteiger partial charge in [0.15, 0.2) is 5.78 Å². The third-order valence-electron chi connectivity index (χ3n) is 7.04. The van der Waals surface area contributed by atoms with E-state index in [1.54, 1.807) is 13.8 Å². The molecule has 0 aliphatic carbocycles. The molecular formula is C31H37N7O7. The highest BCUT2D eigenvalue weighted by molar-refractivity contribution is 5.97. The van der Waals surface area contributed by atoms with Crippen LogP contribution in [0.5, 0.6) is 0 Å². The maximum atomic E-state index is 13.6. The van der Waals surface area contributed by atoms with E-state index in [-0.39, 0.29) is 43.2 Å². The molecule has 14 heteroatoms. The van der Waals surface area contributed by atoms with E-state index in [9.17, 15) is 24.8 Å². The maximum absolute atomic E-state index is 13.6. The summed E-state index contributed by atoms with van der Waals surface area (Å²) < 4.78 is 7.02. The fourth-order valence-electron chi connectivity index (χ4n) is 4.91. The number of aromatic nitrogens is 6. The van der Waals surface area contributed by atoms with Crippen molar-refractivity contribution >= 4 is 11.8 Å². The Hall–Kier alpha value is -4.98. The molecule has 0 bridgehead atoms. The molecule has 0 amide bonds. The summed E-state index contributed by atoms with van der Waals surface area (Å²) in [6.45, 7) is 5.50. The van der Waals surface area contributed by atoms with E-state index in [0.717, 1.165) is 28.7 Å². The minimum atomic E-state index is -1.40. The van der Waals surface area contributed by atoms with Gasteiger partial charge in [-0.1, -0.05) is 55.5 Å². The minimum absolute atomic E-state index is 0.0666. The van der Waals surface area contributed by atoms with Crippen LogP contribution in [0.4, 0.5) is 0 Å². The molecule has 14 nitrogen and oxygen atoms in total. The van der Waals surface area contributed by atoms with Crippen LogP contribution in [0, 0.1) is 10.1 Å². The number of benzene rings is 2. The SMILES string of the molecule is CCCc1nc(C(C)(C)O)c(C(=O)CCC(=O)OCCCCO[N+](=O)[O-])n1Cc1ccc(-c2ccccc2-c2nn[nH]n2)cc1.